The summed E-state index contributed by atoms with van der Waals surface area (Å²) in [7, 11) is 0. The predicted octanol–water partition coefficient (Wildman–Crippen LogP) is 5.53. The van der Waals surface area contributed by atoms with E-state index >= 15 is 0 Å². The van der Waals surface area contributed by atoms with Crippen LogP contribution in [0.15, 0.2) is 29.3 Å². The van der Waals surface area contributed by atoms with E-state index in [2.05, 4.69) is 31.0 Å². The Balaban J connectivity index is 1.85. The summed E-state index contributed by atoms with van der Waals surface area (Å²) in [6, 6.07) is 7.16. The molecule has 0 N–H and O–H groups in total. The summed E-state index contributed by atoms with van der Waals surface area (Å²) < 4.78 is 7.46. The monoisotopic (exact) mass is 456 g/mol. The zero-order valence-electron chi connectivity index (χ0n) is 18.1. The number of rotatable bonds is 6. The van der Waals surface area contributed by atoms with Gasteiger partial charge >= 0.3 is 5.97 Å². The molecule has 0 saturated heterocycles. The minimum atomic E-state index is -0.486. The second-order valence-electron chi connectivity index (χ2n) is 7.68. The van der Waals surface area contributed by atoms with Crippen LogP contribution in [0.5, 0.6) is 0 Å². The van der Waals surface area contributed by atoms with E-state index in [9.17, 15) is 4.79 Å². The van der Waals surface area contributed by atoms with Crippen molar-refractivity contribution in [2.24, 2.45) is 4.99 Å². The van der Waals surface area contributed by atoms with Crippen molar-refractivity contribution >= 4 is 34.6 Å². The Morgan fingerprint density at radius 1 is 1.19 bits per heavy atom. The van der Waals surface area contributed by atoms with Gasteiger partial charge in [-0.1, -0.05) is 37.1 Å². The number of hydrogen-bond donors (Lipinski definition) is 0. The van der Waals surface area contributed by atoms with Gasteiger partial charge in [0.15, 0.2) is 5.82 Å². The van der Waals surface area contributed by atoms with E-state index < -0.39 is 6.04 Å². The van der Waals surface area contributed by atoms with E-state index in [1.165, 1.54) is 10.4 Å². The first kappa shape index (κ1) is 21.7. The highest BCUT2D eigenvalue weighted by molar-refractivity contribution is 7.15. The second-order valence-corrected chi connectivity index (χ2v) is 9.32. The van der Waals surface area contributed by atoms with Crippen molar-refractivity contribution in [1.82, 2.24) is 14.8 Å². The van der Waals surface area contributed by atoms with E-state index in [1.807, 2.05) is 35.8 Å². The van der Waals surface area contributed by atoms with Gasteiger partial charge in [0.2, 0.25) is 0 Å². The highest BCUT2D eigenvalue weighted by atomic mass is 35.5. The van der Waals surface area contributed by atoms with Crippen molar-refractivity contribution in [1.29, 1.82) is 0 Å². The molecule has 3 aromatic rings. The molecule has 0 bridgehead atoms. The van der Waals surface area contributed by atoms with Crippen LogP contribution in [0, 0.1) is 20.8 Å². The number of thiophene rings is 1. The smallest absolute Gasteiger partial charge is 0.308 e. The Bertz CT molecular complexity index is 1150. The van der Waals surface area contributed by atoms with Crippen LogP contribution in [0.2, 0.25) is 5.02 Å². The fraction of sp³-hybridized carbons (Fsp3) is 0.391. The van der Waals surface area contributed by atoms with Crippen LogP contribution in [-0.2, 0) is 9.53 Å². The van der Waals surface area contributed by atoms with Crippen LogP contribution in [0.25, 0.3) is 5.00 Å². The molecule has 3 heterocycles. The standard InChI is InChI=1S/C23H25ClN4O2S/c1-5-6-11-30-19(29)12-18-22-27-26-15(4)28(22)23-20(13(2)14(3)31-23)21(25-18)16-7-9-17(24)10-8-16/h7-10,18H,5-6,11-12H2,1-4H3/t18-/m1/s1. The lowest BCUT2D eigenvalue weighted by atomic mass is 9.99. The number of unbranched alkanes of at least 4 members (excludes halogenated alkanes) is 1. The Hall–Kier alpha value is -2.51. The van der Waals surface area contributed by atoms with Crippen LogP contribution in [-0.4, -0.2) is 33.1 Å². The number of nitrogens with zero attached hydrogens (tertiary/aromatic N) is 4. The second kappa shape index (κ2) is 8.93. The van der Waals surface area contributed by atoms with Gasteiger partial charge in [0.1, 0.15) is 16.9 Å². The summed E-state index contributed by atoms with van der Waals surface area (Å²) in [5.74, 6) is 1.16. The quantitative estimate of drug-likeness (QED) is 0.361. The third-order valence-electron chi connectivity index (χ3n) is 5.48. The van der Waals surface area contributed by atoms with E-state index in [1.54, 1.807) is 11.3 Å². The summed E-state index contributed by atoms with van der Waals surface area (Å²) in [5, 5.41) is 10.4. The first-order valence-corrected chi connectivity index (χ1v) is 11.6. The average molecular weight is 457 g/mol. The summed E-state index contributed by atoms with van der Waals surface area (Å²) in [6.45, 7) is 8.63. The Kier molecular flexibility index (Phi) is 6.25. The van der Waals surface area contributed by atoms with Crippen LogP contribution in [0.4, 0.5) is 0 Å². The summed E-state index contributed by atoms with van der Waals surface area (Å²) in [4.78, 5) is 18.9. The number of fused-ring (bicyclic) bond motifs is 3. The van der Waals surface area contributed by atoms with Gasteiger partial charge in [-0.3, -0.25) is 14.4 Å². The summed E-state index contributed by atoms with van der Waals surface area (Å²) in [5.41, 5.74) is 4.01. The first-order valence-electron chi connectivity index (χ1n) is 10.4. The molecule has 0 radical (unpaired) electrons. The molecule has 6 nitrogen and oxygen atoms in total. The van der Waals surface area contributed by atoms with Gasteiger partial charge in [0.25, 0.3) is 0 Å². The van der Waals surface area contributed by atoms with Gasteiger partial charge in [0.05, 0.1) is 18.7 Å². The minimum Gasteiger partial charge on any atom is -0.466 e. The van der Waals surface area contributed by atoms with Crippen molar-refractivity contribution in [2.75, 3.05) is 6.61 Å². The highest BCUT2D eigenvalue weighted by Crippen LogP contribution is 2.39. The van der Waals surface area contributed by atoms with E-state index in [0.29, 0.717) is 17.5 Å². The van der Waals surface area contributed by atoms with Crippen molar-refractivity contribution in [3.8, 4) is 5.00 Å². The Morgan fingerprint density at radius 2 is 1.94 bits per heavy atom. The average Bonchev–Trinajstić information content (AvgIpc) is 3.21. The van der Waals surface area contributed by atoms with Crippen molar-refractivity contribution in [2.45, 2.75) is 53.0 Å². The van der Waals surface area contributed by atoms with Crippen molar-refractivity contribution < 1.29 is 9.53 Å². The molecular weight excluding hydrogens is 432 g/mol. The zero-order chi connectivity index (χ0) is 22.1. The van der Waals surface area contributed by atoms with Crippen molar-refractivity contribution in [3.63, 3.8) is 0 Å². The fourth-order valence-electron chi connectivity index (χ4n) is 3.68. The van der Waals surface area contributed by atoms with Gasteiger partial charge in [-0.25, -0.2) is 0 Å². The number of halogens is 1. The predicted molar refractivity (Wildman–Crippen MR) is 124 cm³/mol. The lowest BCUT2D eigenvalue weighted by Crippen LogP contribution is -2.14. The number of hydrogen-bond acceptors (Lipinski definition) is 6. The van der Waals surface area contributed by atoms with E-state index in [4.69, 9.17) is 21.3 Å². The van der Waals surface area contributed by atoms with E-state index in [-0.39, 0.29) is 12.4 Å². The number of ether oxygens (including phenoxy) is 1. The maximum atomic E-state index is 12.6. The molecule has 2 aromatic heterocycles. The maximum absolute atomic E-state index is 12.6. The molecule has 0 aliphatic carbocycles. The number of aliphatic imine (C=N–C) groups is 1. The van der Waals surface area contributed by atoms with Crippen molar-refractivity contribution in [3.05, 3.63) is 62.5 Å². The van der Waals surface area contributed by atoms with Gasteiger partial charge in [-0.2, -0.15) is 0 Å². The topological polar surface area (TPSA) is 69.4 Å². The third kappa shape index (κ3) is 4.16. The van der Waals surface area contributed by atoms with Crippen LogP contribution < -0.4 is 0 Å². The minimum absolute atomic E-state index is 0.117. The Morgan fingerprint density at radius 3 is 2.65 bits per heavy atom. The van der Waals surface area contributed by atoms with Crippen LogP contribution in [0.1, 0.15) is 65.4 Å². The molecule has 162 valence electrons. The molecule has 1 atom stereocenters. The molecule has 0 unspecified atom stereocenters. The molecule has 0 fully saturated rings. The highest BCUT2D eigenvalue weighted by Gasteiger charge is 2.32. The SMILES string of the molecule is CCCCOC(=O)C[C@H]1N=C(c2ccc(Cl)cc2)c2c(sc(C)c2C)-n2c(C)nnc21. The largest absolute Gasteiger partial charge is 0.466 e. The van der Waals surface area contributed by atoms with E-state index in [0.717, 1.165) is 40.5 Å². The number of esters is 1. The molecule has 8 heteroatoms. The Labute approximate surface area is 190 Å². The summed E-state index contributed by atoms with van der Waals surface area (Å²) in [6.07, 6.45) is 1.94. The summed E-state index contributed by atoms with van der Waals surface area (Å²) >= 11 is 7.82. The van der Waals surface area contributed by atoms with Gasteiger partial charge in [0, 0.05) is 21.0 Å². The molecule has 1 aliphatic heterocycles. The molecule has 0 amide bonds. The van der Waals surface area contributed by atoms with Crippen LogP contribution >= 0.6 is 22.9 Å². The molecule has 0 spiro atoms. The number of aromatic nitrogens is 3. The molecule has 31 heavy (non-hydrogen) atoms. The number of benzene rings is 1. The third-order valence-corrected chi connectivity index (χ3v) is 6.92. The van der Waals surface area contributed by atoms with Gasteiger partial charge in [-0.05, 0) is 44.9 Å². The number of carbonyl (C=O) groups excluding carboxylic acids is 1. The molecular formula is C23H25ClN4O2S. The van der Waals surface area contributed by atoms with Gasteiger partial charge < -0.3 is 4.74 Å². The lowest BCUT2D eigenvalue weighted by molar-refractivity contribution is -0.144. The number of carbonyl (C=O) groups is 1. The normalized spacial score (nSPS) is 15.1. The number of aryl methyl sites for hydroxylation is 2. The van der Waals surface area contributed by atoms with Gasteiger partial charge in [-0.15, -0.1) is 21.5 Å². The lowest BCUT2D eigenvalue weighted by Gasteiger charge is -2.12. The fourth-order valence-corrected chi connectivity index (χ4v) is 5.02. The molecule has 1 aliphatic rings. The zero-order valence-corrected chi connectivity index (χ0v) is 19.7. The molecule has 0 saturated carbocycles. The first-order chi connectivity index (χ1) is 14.9. The van der Waals surface area contributed by atoms with Crippen LogP contribution in [0.3, 0.4) is 0 Å². The maximum Gasteiger partial charge on any atom is 0.308 e. The molecule has 1 aromatic carbocycles. The molecule has 4 rings (SSSR count).